The normalized spacial score (nSPS) is 18.6. The van der Waals surface area contributed by atoms with Crippen LogP contribution in [-0.2, 0) is 9.59 Å². The molecule has 2 amide bonds. The fourth-order valence-electron chi connectivity index (χ4n) is 2.34. The molecule has 1 aliphatic heterocycles. The first kappa shape index (κ1) is 16.2. The summed E-state index contributed by atoms with van der Waals surface area (Å²) in [5, 5.41) is 4.01. The quantitative estimate of drug-likeness (QED) is 0.839. The summed E-state index contributed by atoms with van der Waals surface area (Å²) >= 11 is 2.63. The van der Waals surface area contributed by atoms with Crippen molar-refractivity contribution in [3.8, 4) is 0 Å². The van der Waals surface area contributed by atoms with Crippen LogP contribution in [0.5, 0.6) is 0 Å². The third kappa shape index (κ3) is 4.41. The molecule has 1 aliphatic rings. The SMILES string of the molecule is CCCC(=O)N1CCC[C@H](C(=O)Nc2nc(SC)ns2)C1. The second-order valence-electron chi connectivity index (χ2n) is 5.00. The maximum Gasteiger partial charge on any atom is 0.231 e. The zero-order valence-electron chi connectivity index (χ0n) is 12.3. The summed E-state index contributed by atoms with van der Waals surface area (Å²) in [6.45, 7) is 3.27. The summed E-state index contributed by atoms with van der Waals surface area (Å²) in [5.41, 5.74) is 0. The molecule has 6 nitrogen and oxygen atoms in total. The number of rotatable bonds is 5. The molecule has 1 N–H and O–H groups in total. The van der Waals surface area contributed by atoms with E-state index in [9.17, 15) is 9.59 Å². The summed E-state index contributed by atoms with van der Waals surface area (Å²) in [6, 6.07) is 0. The monoisotopic (exact) mass is 328 g/mol. The largest absolute Gasteiger partial charge is 0.342 e. The van der Waals surface area contributed by atoms with Crippen molar-refractivity contribution in [2.45, 2.75) is 37.8 Å². The number of nitrogens with zero attached hydrogens (tertiary/aromatic N) is 3. The van der Waals surface area contributed by atoms with Crippen LogP contribution in [0.25, 0.3) is 0 Å². The standard InChI is InChI=1S/C13H20N4O2S2/c1-3-5-10(18)17-7-4-6-9(8-17)11(19)14-12-15-13(20-2)16-21-12/h9H,3-8H2,1-2H3,(H,14,15,16,19)/t9-/m0/s1. The lowest BCUT2D eigenvalue weighted by Crippen LogP contribution is -2.43. The number of hydrogen-bond donors (Lipinski definition) is 1. The Morgan fingerprint density at radius 3 is 3.00 bits per heavy atom. The van der Waals surface area contributed by atoms with Gasteiger partial charge in [-0.3, -0.25) is 9.59 Å². The number of thioether (sulfide) groups is 1. The zero-order valence-corrected chi connectivity index (χ0v) is 13.9. The van der Waals surface area contributed by atoms with Crippen molar-refractivity contribution >= 4 is 40.2 Å². The van der Waals surface area contributed by atoms with Crippen LogP contribution in [0.1, 0.15) is 32.6 Å². The number of amides is 2. The van der Waals surface area contributed by atoms with Gasteiger partial charge in [-0.25, -0.2) is 0 Å². The van der Waals surface area contributed by atoms with E-state index in [1.54, 1.807) is 0 Å². The van der Waals surface area contributed by atoms with Gasteiger partial charge in [-0.2, -0.15) is 9.36 Å². The molecule has 1 atom stereocenters. The van der Waals surface area contributed by atoms with Gasteiger partial charge in [0.05, 0.1) is 5.92 Å². The maximum absolute atomic E-state index is 12.3. The van der Waals surface area contributed by atoms with Crippen molar-refractivity contribution in [1.82, 2.24) is 14.3 Å². The highest BCUT2D eigenvalue weighted by Gasteiger charge is 2.28. The van der Waals surface area contributed by atoms with Crippen molar-refractivity contribution in [2.24, 2.45) is 5.92 Å². The lowest BCUT2D eigenvalue weighted by molar-refractivity contribution is -0.134. The molecule has 1 aromatic heterocycles. The van der Waals surface area contributed by atoms with Gasteiger partial charge in [0.1, 0.15) is 0 Å². The Morgan fingerprint density at radius 1 is 1.52 bits per heavy atom. The van der Waals surface area contributed by atoms with Crippen molar-refractivity contribution in [1.29, 1.82) is 0 Å². The second kappa shape index (κ2) is 7.74. The van der Waals surface area contributed by atoms with Crippen molar-refractivity contribution < 1.29 is 9.59 Å². The minimum Gasteiger partial charge on any atom is -0.342 e. The molecule has 0 aromatic carbocycles. The Hall–Kier alpha value is -1.15. The maximum atomic E-state index is 12.3. The Bertz CT molecular complexity index is 506. The lowest BCUT2D eigenvalue weighted by atomic mass is 9.97. The number of piperidine rings is 1. The van der Waals surface area contributed by atoms with Crippen LogP contribution >= 0.6 is 23.3 Å². The highest BCUT2D eigenvalue weighted by molar-refractivity contribution is 7.98. The topological polar surface area (TPSA) is 75.2 Å². The summed E-state index contributed by atoms with van der Waals surface area (Å²) in [7, 11) is 0. The predicted octanol–water partition coefficient (Wildman–Crippen LogP) is 2.24. The zero-order chi connectivity index (χ0) is 15.2. The highest BCUT2D eigenvalue weighted by atomic mass is 32.2. The number of aromatic nitrogens is 2. The molecule has 1 aromatic rings. The molecular weight excluding hydrogens is 308 g/mol. The van der Waals surface area contributed by atoms with E-state index < -0.39 is 0 Å². The third-order valence-electron chi connectivity index (χ3n) is 3.43. The first-order chi connectivity index (χ1) is 10.1. The van der Waals surface area contributed by atoms with Crippen LogP contribution in [0.2, 0.25) is 0 Å². The van der Waals surface area contributed by atoms with Gasteiger partial charge < -0.3 is 10.2 Å². The molecule has 8 heteroatoms. The molecule has 0 bridgehead atoms. The summed E-state index contributed by atoms with van der Waals surface area (Å²) in [5.74, 6) is -0.0652. The Balaban J connectivity index is 1.91. The Morgan fingerprint density at radius 2 is 2.33 bits per heavy atom. The van der Waals surface area contributed by atoms with E-state index in [0.29, 0.717) is 23.3 Å². The number of hydrogen-bond acceptors (Lipinski definition) is 6. The number of nitrogens with one attached hydrogen (secondary N) is 1. The molecule has 0 aliphatic carbocycles. The predicted molar refractivity (Wildman–Crippen MR) is 84.5 cm³/mol. The van der Waals surface area contributed by atoms with E-state index in [4.69, 9.17) is 0 Å². The number of anilines is 1. The van der Waals surface area contributed by atoms with Crippen LogP contribution in [0, 0.1) is 5.92 Å². The minimum atomic E-state index is -0.152. The Labute approximate surface area is 132 Å². The first-order valence-electron chi connectivity index (χ1n) is 7.10. The molecular formula is C13H20N4O2S2. The number of carbonyl (C=O) groups excluding carboxylic acids is 2. The van der Waals surface area contributed by atoms with E-state index in [2.05, 4.69) is 14.7 Å². The van der Waals surface area contributed by atoms with E-state index in [0.717, 1.165) is 25.8 Å². The van der Waals surface area contributed by atoms with Gasteiger partial charge in [0, 0.05) is 31.0 Å². The van der Waals surface area contributed by atoms with Crippen molar-refractivity contribution in [3.05, 3.63) is 0 Å². The average Bonchev–Trinajstić information content (AvgIpc) is 2.95. The first-order valence-corrected chi connectivity index (χ1v) is 9.10. The number of carbonyl (C=O) groups is 2. The fourth-order valence-corrected chi connectivity index (χ4v) is 3.47. The van der Waals surface area contributed by atoms with E-state index in [-0.39, 0.29) is 17.7 Å². The molecule has 21 heavy (non-hydrogen) atoms. The molecule has 2 heterocycles. The minimum absolute atomic E-state index is 0.0622. The van der Waals surface area contributed by atoms with Crippen LogP contribution in [0.15, 0.2) is 5.16 Å². The molecule has 0 saturated carbocycles. The van der Waals surface area contributed by atoms with Crippen LogP contribution in [-0.4, -0.2) is 45.4 Å². The Kier molecular flexibility index (Phi) is 5.98. The second-order valence-corrected chi connectivity index (χ2v) is 6.53. The molecule has 1 saturated heterocycles. The molecule has 2 rings (SSSR count). The van der Waals surface area contributed by atoms with Gasteiger partial charge in [-0.1, -0.05) is 18.7 Å². The smallest absolute Gasteiger partial charge is 0.231 e. The van der Waals surface area contributed by atoms with E-state index >= 15 is 0 Å². The molecule has 1 fully saturated rings. The summed E-state index contributed by atoms with van der Waals surface area (Å²) < 4.78 is 4.11. The van der Waals surface area contributed by atoms with Gasteiger partial charge in [-0.15, -0.1) is 0 Å². The summed E-state index contributed by atoms with van der Waals surface area (Å²) in [6.07, 6.45) is 4.98. The van der Waals surface area contributed by atoms with Gasteiger partial charge >= 0.3 is 0 Å². The molecule has 0 unspecified atom stereocenters. The van der Waals surface area contributed by atoms with Crippen LogP contribution in [0.4, 0.5) is 5.13 Å². The van der Waals surface area contributed by atoms with Gasteiger partial charge in [0.2, 0.25) is 22.1 Å². The number of likely N-dealkylation sites (tertiary alicyclic amines) is 1. The highest BCUT2D eigenvalue weighted by Crippen LogP contribution is 2.22. The van der Waals surface area contributed by atoms with E-state index in [1.807, 2.05) is 18.1 Å². The molecule has 116 valence electrons. The van der Waals surface area contributed by atoms with Gasteiger partial charge in [-0.05, 0) is 25.5 Å². The molecule has 0 radical (unpaired) electrons. The van der Waals surface area contributed by atoms with Crippen molar-refractivity contribution in [3.63, 3.8) is 0 Å². The van der Waals surface area contributed by atoms with Gasteiger partial charge in [0.15, 0.2) is 0 Å². The van der Waals surface area contributed by atoms with E-state index in [1.165, 1.54) is 23.3 Å². The van der Waals surface area contributed by atoms with Crippen molar-refractivity contribution in [2.75, 3.05) is 24.7 Å². The lowest BCUT2D eigenvalue weighted by Gasteiger charge is -2.31. The fraction of sp³-hybridized carbons (Fsp3) is 0.692. The summed E-state index contributed by atoms with van der Waals surface area (Å²) in [4.78, 5) is 30.2. The van der Waals surface area contributed by atoms with Crippen LogP contribution in [0.3, 0.4) is 0 Å². The van der Waals surface area contributed by atoms with Crippen LogP contribution < -0.4 is 5.32 Å². The average molecular weight is 328 g/mol. The third-order valence-corrected chi connectivity index (χ3v) is 4.72. The van der Waals surface area contributed by atoms with Gasteiger partial charge in [0.25, 0.3) is 0 Å². The molecule has 0 spiro atoms.